The van der Waals surface area contributed by atoms with Crippen molar-refractivity contribution in [3.63, 3.8) is 0 Å². The van der Waals surface area contributed by atoms with Crippen molar-refractivity contribution in [1.82, 2.24) is 13.9 Å². The summed E-state index contributed by atoms with van der Waals surface area (Å²) in [5.41, 5.74) is 2.69. The summed E-state index contributed by atoms with van der Waals surface area (Å²) in [7, 11) is -3.55. The summed E-state index contributed by atoms with van der Waals surface area (Å²) in [6.07, 6.45) is 1.65. The normalized spacial score (nSPS) is 12.1. The van der Waals surface area contributed by atoms with Crippen molar-refractivity contribution in [3.8, 4) is 0 Å². The molecule has 2 aromatic carbocycles. The average molecular weight is 535 g/mol. The van der Waals surface area contributed by atoms with Gasteiger partial charge in [-0.3, -0.25) is 0 Å². The highest BCUT2D eigenvalue weighted by atomic mass is 79.9. The van der Waals surface area contributed by atoms with Gasteiger partial charge >= 0.3 is 0 Å². The molecule has 4 aromatic rings. The molecule has 6 nitrogen and oxygen atoms in total. The van der Waals surface area contributed by atoms with Gasteiger partial charge in [0.1, 0.15) is 5.76 Å². The number of benzene rings is 2. The molecule has 4 rings (SSSR count). The van der Waals surface area contributed by atoms with Crippen molar-refractivity contribution >= 4 is 48.7 Å². The number of nitrogens with zero attached hydrogens (tertiary/aromatic N) is 3. The van der Waals surface area contributed by atoms with Crippen LogP contribution in [0.25, 0.3) is 11.0 Å². The minimum atomic E-state index is -3.55. The molecule has 0 saturated heterocycles. The fourth-order valence-electron chi connectivity index (χ4n) is 3.54. The van der Waals surface area contributed by atoms with E-state index in [1.807, 2.05) is 50.2 Å². The lowest BCUT2D eigenvalue weighted by molar-refractivity contribution is 0.445. The van der Waals surface area contributed by atoms with E-state index >= 15 is 0 Å². The molecule has 0 N–H and O–H groups in total. The third-order valence-corrected chi connectivity index (χ3v) is 9.08. The third-order valence-electron chi connectivity index (χ3n) is 5.24. The van der Waals surface area contributed by atoms with Crippen molar-refractivity contribution in [1.29, 1.82) is 0 Å². The van der Waals surface area contributed by atoms with Crippen LogP contribution >= 0.6 is 27.7 Å². The minimum Gasteiger partial charge on any atom is -0.467 e. The van der Waals surface area contributed by atoms with Crippen LogP contribution in [0.2, 0.25) is 0 Å². The first-order valence-electron chi connectivity index (χ1n) is 10.3. The molecule has 0 aliphatic rings. The number of fused-ring (bicyclic) bond motifs is 1. The van der Waals surface area contributed by atoms with Gasteiger partial charge in [0.15, 0.2) is 5.16 Å². The second kappa shape index (κ2) is 9.82. The van der Waals surface area contributed by atoms with E-state index in [0.717, 1.165) is 26.7 Å². The van der Waals surface area contributed by atoms with Gasteiger partial charge < -0.3 is 8.98 Å². The second-order valence-corrected chi connectivity index (χ2v) is 10.9. The number of aromatic nitrogens is 2. The van der Waals surface area contributed by atoms with Crippen molar-refractivity contribution < 1.29 is 12.8 Å². The van der Waals surface area contributed by atoms with E-state index in [1.165, 1.54) is 9.87 Å². The Morgan fingerprint density at radius 3 is 2.56 bits per heavy atom. The molecule has 0 aliphatic carbocycles. The summed E-state index contributed by atoms with van der Waals surface area (Å²) in [6, 6.07) is 17.0. The smallest absolute Gasteiger partial charge is 0.243 e. The van der Waals surface area contributed by atoms with Crippen LogP contribution in [0.1, 0.15) is 25.2 Å². The van der Waals surface area contributed by atoms with Crippen molar-refractivity contribution in [3.05, 3.63) is 76.7 Å². The van der Waals surface area contributed by atoms with Crippen LogP contribution in [0.3, 0.4) is 0 Å². The molecule has 9 heteroatoms. The van der Waals surface area contributed by atoms with Crippen molar-refractivity contribution in [2.24, 2.45) is 0 Å². The zero-order chi connectivity index (χ0) is 22.7. The van der Waals surface area contributed by atoms with Crippen LogP contribution in [0.4, 0.5) is 0 Å². The Hall–Kier alpha value is -2.07. The van der Waals surface area contributed by atoms with Gasteiger partial charge in [0.05, 0.1) is 28.7 Å². The molecule has 0 amide bonds. The Labute approximate surface area is 200 Å². The number of rotatable bonds is 9. The maximum atomic E-state index is 13.0. The summed E-state index contributed by atoms with van der Waals surface area (Å²) >= 11 is 5.21. The van der Waals surface area contributed by atoms with Gasteiger partial charge in [0.2, 0.25) is 10.0 Å². The first-order chi connectivity index (χ1) is 15.4. The Morgan fingerprint density at radius 2 is 1.88 bits per heavy atom. The molecule has 2 aromatic heterocycles. The number of thioether (sulfide) groups is 1. The van der Waals surface area contributed by atoms with Crippen LogP contribution < -0.4 is 0 Å². The maximum absolute atomic E-state index is 13.0. The van der Waals surface area contributed by atoms with Gasteiger partial charge in [-0.05, 0) is 42.0 Å². The zero-order valence-electron chi connectivity index (χ0n) is 17.9. The molecule has 0 aliphatic heterocycles. The number of furan rings is 1. The average Bonchev–Trinajstić information content (AvgIpc) is 3.42. The molecule has 0 unspecified atom stereocenters. The molecule has 168 valence electrons. The van der Waals surface area contributed by atoms with E-state index in [1.54, 1.807) is 30.2 Å². The molecule has 0 bridgehead atoms. The van der Waals surface area contributed by atoms with Crippen LogP contribution in [0.5, 0.6) is 0 Å². The lowest BCUT2D eigenvalue weighted by Crippen LogP contribution is -2.30. The van der Waals surface area contributed by atoms with E-state index < -0.39 is 10.0 Å². The largest absolute Gasteiger partial charge is 0.467 e. The first kappa shape index (κ1) is 23.1. The molecule has 0 radical (unpaired) electrons. The number of imidazole rings is 1. The predicted molar refractivity (Wildman–Crippen MR) is 131 cm³/mol. The Bertz CT molecular complexity index is 1310. The maximum Gasteiger partial charge on any atom is 0.243 e. The fraction of sp³-hybridized carbons (Fsp3) is 0.261. The topological polar surface area (TPSA) is 68.3 Å². The van der Waals surface area contributed by atoms with E-state index in [0.29, 0.717) is 25.2 Å². The molecule has 32 heavy (non-hydrogen) atoms. The molecular weight excluding hydrogens is 510 g/mol. The van der Waals surface area contributed by atoms with Gasteiger partial charge in [-0.15, -0.1) is 0 Å². The quantitative estimate of drug-likeness (QED) is 0.255. The highest BCUT2D eigenvalue weighted by Crippen LogP contribution is 2.31. The lowest BCUT2D eigenvalue weighted by Gasteiger charge is -2.18. The third kappa shape index (κ3) is 4.66. The molecular formula is C23H24BrN3O3S2. The lowest BCUT2D eigenvalue weighted by atomic mass is 10.2. The molecule has 0 saturated carbocycles. The zero-order valence-corrected chi connectivity index (χ0v) is 21.1. The standard InChI is InChI=1S/C23H24BrN3O3S2/c1-3-26(4-2)32(28,29)19-11-12-22-21(14-19)25-23(27(22)15-18-9-7-13-30-18)31-16-17-8-5-6-10-20(17)24/h5-14H,3-4,15-16H2,1-2H3. The van der Waals surface area contributed by atoms with Crippen LogP contribution in [-0.2, 0) is 22.3 Å². The number of halogens is 1. The molecule has 0 atom stereocenters. The second-order valence-electron chi connectivity index (χ2n) is 7.18. The highest BCUT2D eigenvalue weighted by Gasteiger charge is 2.23. The van der Waals surface area contributed by atoms with E-state index in [4.69, 9.17) is 9.40 Å². The van der Waals surface area contributed by atoms with Crippen LogP contribution in [0.15, 0.2) is 79.8 Å². The molecule has 2 heterocycles. The Kier molecular flexibility index (Phi) is 7.09. The van der Waals surface area contributed by atoms with Gasteiger partial charge in [0, 0.05) is 23.3 Å². The summed E-state index contributed by atoms with van der Waals surface area (Å²) in [5.74, 6) is 1.54. The van der Waals surface area contributed by atoms with E-state index in [-0.39, 0.29) is 4.90 Å². The van der Waals surface area contributed by atoms with Crippen LogP contribution in [-0.4, -0.2) is 35.4 Å². The predicted octanol–water partition coefficient (Wildman–Crippen LogP) is 5.76. The van der Waals surface area contributed by atoms with Crippen LogP contribution in [0, 0.1) is 0 Å². The molecule has 0 fully saturated rings. The SMILES string of the molecule is CCN(CC)S(=O)(=O)c1ccc2c(c1)nc(SCc1ccccc1Br)n2Cc1ccco1. The highest BCUT2D eigenvalue weighted by molar-refractivity contribution is 9.10. The van der Waals surface area contributed by atoms with Gasteiger partial charge in [-0.25, -0.2) is 13.4 Å². The van der Waals surface area contributed by atoms with Gasteiger partial charge in [0.25, 0.3) is 0 Å². The number of sulfonamides is 1. The first-order valence-corrected chi connectivity index (χ1v) is 13.5. The van der Waals surface area contributed by atoms with Crippen molar-refractivity contribution in [2.45, 2.75) is 36.2 Å². The van der Waals surface area contributed by atoms with E-state index in [9.17, 15) is 8.42 Å². The summed E-state index contributed by atoms with van der Waals surface area (Å²) in [6.45, 7) is 5.06. The fourth-order valence-corrected chi connectivity index (χ4v) is 6.65. The van der Waals surface area contributed by atoms with Gasteiger partial charge in [-0.1, -0.05) is 59.7 Å². The summed E-state index contributed by atoms with van der Waals surface area (Å²) < 4.78 is 36.1. The summed E-state index contributed by atoms with van der Waals surface area (Å²) in [4.78, 5) is 5.07. The summed E-state index contributed by atoms with van der Waals surface area (Å²) in [5, 5.41) is 0.810. The minimum absolute atomic E-state index is 0.263. The van der Waals surface area contributed by atoms with E-state index in [2.05, 4.69) is 26.6 Å². The number of hydrogen-bond donors (Lipinski definition) is 0. The number of hydrogen-bond acceptors (Lipinski definition) is 5. The monoisotopic (exact) mass is 533 g/mol. The van der Waals surface area contributed by atoms with Gasteiger partial charge in [-0.2, -0.15) is 4.31 Å². The Balaban J connectivity index is 1.74. The van der Waals surface area contributed by atoms with Crippen molar-refractivity contribution in [2.75, 3.05) is 13.1 Å². The molecule has 0 spiro atoms. The Morgan fingerprint density at radius 1 is 1.09 bits per heavy atom.